The van der Waals surface area contributed by atoms with Crippen LogP contribution in [0.4, 0.5) is 8.78 Å². The predicted octanol–water partition coefficient (Wildman–Crippen LogP) is 3.33. The number of benzene rings is 2. The van der Waals surface area contributed by atoms with Gasteiger partial charge >= 0.3 is 5.97 Å². The zero-order chi connectivity index (χ0) is 16.7. The van der Waals surface area contributed by atoms with E-state index in [9.17, 15) is 13.6 Å². The lowest BCUT2D eigenvalue weighted by Crippen LogP contribution is -2.55. The van der Waals surface area contributed by atoms with Crippen molar-refractivity contribution in [1.29, 1.82) is 0 Å². The summed E-state index contributed by atoms with van der Waals surface area (Å²) in [6.45, 7) is -0.0727. The Morgan fingerprint density at radius 3 is 2.04 bits per heavy atom. The van der Waals surface area contributed by atoms with Crippen molar-refractivity contribution in [2.75, 3.05) is 0 Å². The number of halogens is 2. The number of esters is 1. The number of nitrogens with two attached hydrogens (primary N) is 1. The monoisotopic (exact) mass is 319 g/mol. The molecule has 0 aliphatic heterocycles. The van der Waals surface area contributed by atoms with Crippen LogP contribution in [0.2, 0.25) is 0 Å². The molecule has 2 N–H and O–H groups in total. The van der Waals surface area contributed by atoms with E-state index in [0.717, 1.165) is 11.1 Å². The molecule has 2 rings (SSSR count). The summed E-state index contributed by atoms with van der Waals surface area (Å²) in [6.07, 6.45) is -2.89. The van der Waals surface area contributed by atoms with Crippen molar-refractivity contribution in [1.82, 2.24) is 0 Å². The maximum Gasteiger partial charge on any atom is 0.332 e. The molecule has 0 aliphatic rings. The summed E-state index contributed by atoms with van der Waals surface area (Å²) in [4.78, 5) is 12.1. The normalized spacial score (nSPS) is 13.6. The van der Waals surface area contributed by atoms with Crippen LogP contribution in [0.1, 0.15) is 17.5 Å². The molecule has 5 heteroatoms. The Balaban J connectivity index is 1.99. The molecule has 0 amide bonds. The summed E-state index contributed by atoms with van der Waals surface area (Å²) >= 11 is 0. The maximum atomic E-state index is 13.3. The lowest BCUT2D eigenvalue weighted by Gasteiger charge is -2.26. The molecule has 0 heterocycles. The molecule has 3 nitrogen and oxygen atoms in total. The standard InChI is InChI=1S/C18H19F2NO2/c19-16(20)18(21,12-11-14-7-3-1-4-8-14)17(22)23-13-15-9-5-2-6-10-15/h1-10,16H,11-13,21H2/t18-/m0/s1. The van der Waals surface area contributed by atoms with Gasteiger partial charge in [-0.1, -0.05) is 60.7 Å². The highest BCUT2D eigenvalue weighted by atomic mass is 19.3. The van der Waals surface area contributed by atoms with Crippen LogP contribution in [0.15, 0.2) is 60.7 Å². The Kier molecular flexibility index (Phi) is 5.82. The number of rotatable bonds is 7. The number of hydrogen-bond acceptors (Lipinski definition) is 3. The minimum Gasteiger partial charge on any atom is -0.459 e. The van der Waals surface area contributed by atoms with Gasteiger partial charge in [-0.05, 0) is 24.0 Å². The Morgan fingerprint density at radius 1 is 1.00 bits per heavy atom. The van der Waals surface area contributed by atoms with Crippen LogP contribution in [0.5, 0.6) is 0 Å². The summed E-state index contributed by atoms with van der Waals surface area (Å²) in [5, 5.41) is 0. The van der Waals surface area contributed by atoms with E-state index in [0.29, 0.717) is 0 Å². The van der Waals surface area contributed by atoms with Gasteiger partial charge in [-0.2, -0.15) is 0 Å². The molecule has 2 aromatic carbocycles. The highest BCUT2D eigenvalue weighted by Crippen LogP contribution is 2.22. The first-order chi connectivity index (χ1) is 11.0. The summed E-state index contributed by atoms with van der Waals surface area (Å²) in [5.74, 6) is -1.08. The SMILES string of the molecule is N[C@](CCc1ccccc1)(C(=O)OCc1ccccc1)C(F)F. The van der Waals surface area contributed by atoms with Crippen molar-refractivity contribution in [2.24, 2.45) is 5.73 Å². The molecular weight excluding hydrogens is 300 g/mol. The third kappa shape index (κ3) is 4.60. The number of hydrogen-bond donors (Lipinski definition) is 1. The van der Waals surface area contributed by atoms with E-state index in [1.165, 1.54) is 0 Å². The number of carbonyl (C=O) groups excluding carboxylic acids is 1. The highest BCUT2D eigenvalue weighted by Gasteiger charge is 2.44. The molecule has 1 atom stereocenters. The molecule has 23 heavy (non-hydrogen) atoms. The van der Waals surface area contributed by atoms with Gasteiger partial charge in [0, 0.05) is 0 Å². The van der Waals surface area contributed by atoms with Gasteiger partial charge in [0.05, 0.1) is 0 Å². The molecule has 0 unspecified atom stereocenters. The number of ether oxygens (including phenoxy) is 1. The molecule has 122 valence electrons. The molecular formula is C18H19F2NO2. The summed E-state index contributed by atoms with van der Waals surface area (Å²) < 4.78 is 31.7. The van der Waals surface area contributed by atoms with Gasteiger partial charge in [0.25, 0.3) is 6.43 Å². The second-order valence-electron chi connectivity index (χ2n) is 5.39. The van der Waals surface area contributed by atoms with Crippen molar-refractivity contribution in [3.8, 4) is 0 Å². The third-order valence-corrected chi connectivity index (χ3v) is 3.65. The second kappa shape index (κ2) is 7.83. The van der Waals surface area contributed by atoms with Crippen molar-refractivity contribution in [3.63, 3.8) is 0 Å². The molecule has 0 aromatic heterocycles. The number of alkyl halides is 2. The van der Waals surface area contributed by atoms with E-state index in [1.807, 2.05) is 24.3 Å². The zero-order valence-electron chi connectivity index (χ0n) is 12.6. The molecule has 0 radical (unpaired) electrons. The highest BCUT2D eigenvalue weighted by molar-refractivity contribution is 5.81. The van der Waals surface area contributed by atoms with Gasteiger partial charge < -0.3 is 10.5 Å². The minimum atomic E-state index is -2.99. The van der Waals surface area contributed by atoms with Crippen LogP contribution in [-0.4, -0.2) is 17.9 Å². The smallest absolute Gasteiger partial charge is 0.332 e. The lowest BCUT2D eigenvalue weighted by molar-refractivity contribution is -0.158. The number of carbonyl (C=O) groups is 1. The Morgan fingerprint density at radius 2 is 1.52 bits per heavy atom. The maximum absolute atomic E-state index is 13.3. The van der Waals surface area contributed by atoms with Crippen LogP contribution >= 0.6 is 0 Å². The minimum absolute atomic E-state index is 0.0727. The summed E-state index contributed by atoms with van der Waals surface area (Å²) in [5.41, 5.74) is 4.94. The van der Waals surface area contributed by atoms with E-state index in [2.05, 4.69) is 0 Å². The van der Waals surface area contributed by atoms with Crippen molar-refractivity contribution in [3.05, 3.63) is 71.8 Å². The van der Waals surface area contributed by atoms with Gasteiger partial charge in [0.1, 0.15) is 6.61 Å². The second-order valence-corrected chi connectivity index (χ2v) is 5.39. The fourth-order valence-electron chi connectivity index (χ4n) is 2.15. The van der Waals surface area contributed by atoms with Gasteiger partial charge in [-0.15, -0.1) is 0 Å². The van der Waals surface area contributed by atoms with Crippen LogP contribution in [-0.2, 0) is 22.6 Å². The van der Waals surface area contributed by atoms with E-state index in [-0.39, 0.29) is 19.4 Å². The topological polar surface area (TPSA) is 52.3 Å². The van der Waals surface area contributed by atoms with Gasteiger partial charge in [0.15, 0.2) is 5.54 Å². The average Bonchev–Trinajstić information content (AvgIpc) is 2.59. The first kappa shape index (κ1) is 17.1. The van der Waals surface area contributed by atoms with Crippen LogP contribution in [0, 0.1) is 0 Å². The number of aryl methyl sites for hydroxylation is 1. The molecule has 0 aliphatic carbocycles. The van der Waals surface area contributed by atoms with Gasteiger partial charge in [-0.3, -0.25) is 0 Å². The van der Waals surface area contributed by atoms with Crippen LogP contribution in [0.25, 0.3) is 0 Å². The first-order valence-corrected chi connectivity index (χ1v) is 7.34. The van der Waals surface area contributed by atoms with Crippen molar-refractivity contribution < 1.29 is 18.3 Å². The molecule has 0 fully saturated rings. The Hall–Kier alpha value is -2.27. The molecule has 0 saturated carbocycles. The summed E-state index contributed by atoms with van der Waals surface area (Å²) in [6, 6.07) is 17.9. The van der Waals surface area contributed by atoms with Crippen molar-refractivity contribution in [2.45, 2.75) is 31.4 Å². The quantitative estimate of drug-likeness (QED) is 0.797. The Bertz CT molecular complexity index is 619. The van der Waals surface area contributed by atoms with Crippen LogP contribution in [0.3, 0.4) is 0 Å². The predicted molar refractivity (Wildman–Crippen MR) is 83.9 cm³/mol. The van der Waals surface area contributed by atoms with E-state index in [4.69, 9.17) is 10.5 Å². The van der Waals surface area contributed by atoms with E-state index < -0.39 is 17.9 Å². The molecule has 0 bridgehead atoms. The van der Waals surface area contributed by atoms with E-state index in [1.54, 1.807) is 36.4 Å². The van der Waals surface area contributed by atoms with Crippen LogP contribution < -0.4 is 5.73 Å². The molecule has 0 saturated heterocycles. The third-order valence-electron chi connectivity index (χ3n) is 3.65. The first-order valence-electron chi connectivity index (χ1n) is 7.34. The zero-order valence-corrected chi connectivity index (χ0v) is 12.6. The molecule has 0 spiro atoms. The molecule has 2 aromatic rings. The Labute approximate surface area is 134 Å². The fourth-order valence-corrected chi connectivity index (χ4v) is 2.15. The van der Waals surface area contributed by atoms with Gasteiger partial charge in [-0.25, -0.2) is 13.6 Å². The van der Waals surface area contributed by atoms with Crippen molar-refractivity contribution >= 4 is 5.97 Å². The fraction of sp³-hybridized carbons (Fsp3) is 0.278. The van der Waals surface area contributed by atoms with Gasteiger partial charge in [0.2, 0.25) is 0 Å². The summed E-state index contributed by atoms with van der Waals surface area (Å²) in [7, 11) is 0. The van der Waals surface area contributed by atoms with E-state index >= 15 is 0 Å². The largest absolute Gasteiger partial charge is 0.459 e. The lowest BCUT2D eigenvalue weighted by atomic mass is 9.92. The average molecular weight is 319 g/mol.